The highest BCUT2D eigenvalue weighted by Gasteiger charge is 2.22. The molecule has 3 nitrogen and oxygen atoms in total. The smallest absolute Gasteiger partial charge is 0.330 e. The molecule has 3 heteroatoms. The minimum absolute atomic E-state index is 0.429. The fourth-order valence-electron chi connectivity index (χ4n) is 2.35. The lowest BCUT2D eigenvalue weighted by molar-refractivity contribution is -0.132. The summed E-state index contributed by atoms with van der Waals surface area (Å²) in [7, 11) is 0. The number of nitrogens with zero attached hydrogens (tertiary/aromatic N) is 1. The number of carboxylic acids is 1. The number of hydrogen-bond acceptors (Lipinski definition) is 2. The van der Waals surface area contributed by atoms with Gasteiger partial charge in [0.15, 0.2) is 0 Å². The minimum atomic E-state index is -0.825. The van der Waals surface area contributed by atoms with Gasteiger partial charge in [-0.25, -0.2) is 4.79 Å². The maximum Gasteiger partial charge on any atom is 0.330 e. The lowest BCUT2D eigenvalue weighted by atomic mass is 9.99. The summed E-state index contributed by atoms with van der Waals surface area (Å²) in [5.74, 6) is -0.237. The second kappa shape index (κ2) is 5.83. The monoisotopic (exact) mass is 245 g/mol. The normalized spacial score (nSPS) is 21.2. The van der Waals surface area contributed by atoms with Crippen LogP contribution in [-0.4, -0.2) is 35.6 Å². The molecule has 0 aliphatic carbocycles. The molecule has 96 valence electrons. The summed E-state index contributed by atoms with van der Waals surface area (Å²) in [4.78, 5) is 13.0. The van der Waals surface area contributed by atoms with Crippen LogP contribution < -0.4 is 0 Å². The molecule has 1 aliphatic heterocycles. The molecular weight excluding hydrogens is 226 g/mol. The molecule has 2 rings (SSSR count). The largest absolute Gasteiger partial charge is 0.478 e. The Morgan fingerprint density at radius 1 is 1.44 bits per heavy atom. The molecule has 1 unspecified atom stereocenters. The van der Waals surface area contributed by atoms with Crippen LogP contribution in [0.4, 0.5) is 0 Å². The first-order valence-electron chi connectivity index (χ1n) is 6.34. The summed E-state index contributed by atoms with van der Waals surface area (Å²) in [6.45, 7) is 4.45. The van der Waals surface area contributed by atoms with Crippen LogP contribution in [0.2, 0.25) is 0 Å². The fraction of sp³-hybridized carbons (Fsp3) is 0.400. The molecule has 0 spiro atoms. The molecular formula is C15H19NO2. The highest BCUT2D eigenvalue weighted by atomic mass is 16.4. The van der Waals surface area contributed by atoms with Gasteiger partial charge in [-0.2, -0.15) is 0 Å². The van der Waals surface area contributed by atoms with Gasteiger partial charge in [0.2, 0.25) is 0 Å². The fourth-order valence-corrected chi connectivity index (χ4v) is 2.35. The van der Waals surface area contributed by atoms with Gasteiger partial charge in [-0.1, -0.05) is 36.4 Å². The zero-order valence-corrected chi connectivity index (χ0v) is 10.7. The number of carbonyl (C=O) groups is 1. The summed E-state index contributed by atoms with van der Waals surface area (Å²) in [5, 5.41) is 8.80. The van der Waals surface area contributed by atoms with Crippen LogP contribution >= 0.6 is 0 Å². The van der Waals surface area contributed by atoms with Crippen molar-refractivity contribution in [1.82, 2.24) is 4.90 Å². The Hall–Kier alpha value is -1.61. The third-order valence-corrected chi connectivity index (χ3v) is 3.54. The van der Waals surface area contributed by atoms with Crippen LogP contribution in [0, 0.1) is 0 Å². The number of carboxylic acid groups (broad SMARTS) is 1. The van der Waals surface area contributed by atoms with Gasteiger partial charge in [0.05, 0.1) is 0 Å². The first kappa shape index (κ1) is 12.8. The van der Waals surface area contributed by atoms with E-state index >= 15 is 0 Å². The molecule has 1 atom stereocenters. The van der Waals surface area contributed by atoms with Gasteiger partial charge in [-0.05, 0) is 31.4 Å². The van der Waals surface area contributed by atoms with Crippen LogP contribution in [0.1, 0.15) is 24.8 Å². The van der Waals surface area contributed by atoms with Crippen LogP contribution in [0.3, 0.4) is 0 Å². The van der Waals surface area contributed by atoms with E-state index in [9.17, 15) is 4.79 Å². The minimum Gasteiger partial charge on any atom is -0.478 e. The average Bonchev–Trinajstić information content (AvgIpc) is 2.85. The Bertz CT molecular complexity index is 439. The summed E-state index contributed by atoms with van der Waals surface area (Å²) >= 11 is 0. The molecule has 1 N–H and O–H groups in total. The van der Waals surface area contributed by atoms with Crippen molar-refractivity contribution in [2.75, 3.05) is 19.6 Å². The molecule has 0 saturated carbocycles. The van der Waals surface area contributed by atoms with Crippen molar-refractivity contribution in [1.29, 1.82) is 0 Å². The molecule has 1 aromatic rings. The van der Waals surface area contributed by atoms with Gasteiger partial charge < -0.3 is 5.11 Å². The average molecular weight is 245 g/mol. The van der Waals surface area contributed by atoms with Gasteiger partial charge >= 0.3 is 5.97 Å². The van der Waals surface area contributed by atoms with E-state index in [0.29, 0.717) is 11.5 Å². The van der Waals surface area contributed by atoms with Crippen molar-refractivity contribution in [3.05, 3.63) is 47.5 Å². The molecule has 0 aromatic heterocycles. The number of likely N-dealkylation sites (tertiary alicyclic amines) is 1. The van der Waals surface area contributed by atoms with Crippen LogP contribution in [0.25, 0.3) is 0 Å². The van der Waals surface area contributed by atoms with E-state index in [-0.39, 0.29) is 0 Å². The van der Waals surface area contributed by atoms with E-state index in [1.807, 2.05) is 6.07 Å². The molecule has 1 fully saturated rings. The van der Waals surface area contributed by atoms with Crippen molar-refractivity contribution < 1.29 is 9.90 Å². The molecule has 1 aromatic carbocycles. The number of hydrogen-bond donors (Lipinski definition) is 1. The second-order valence-corrected chi connectivity index (χ2v) is 4.85. The van der Waals surface area contributed by atoms with Crippen molar-refractivity contribution in [3.8, 4) is 0 Å². The molecule has 1 aliphatic rings. The van der Waals surface area contributed by atoms with Gasteiger partial charge in [0.1, 0.15) is 0 Å². The molecule has 0 radical (unpaired) electrons. The zero-order chi connectivity index (χ0) is 13.0. The summed E-state index contributed by atoms with van der Waals surface area (Å²) in [6.07, 6.45) is 2.96. The van der Waals surface area contributed by atoms with E-state index in [0.717, 1.165) is 26.1 Å². The number of aliphatic carboxylic acids is 1. The number of rotatable bonds is 4. The van der Waals surface area contributed by atoms with Gasteiger partial charge in [-0.3, -0.25) is 4.90 Å². The van der Waals surface area contributed by atoms with Crippen molar-refractivity contribution in [2.24, 2.45) is 0 Å². The Morgan fingerprint density at radius 3 is 2.83 bits per heavy atom. The summed E-state index contributed by atoms with van der Waals surface area (Å²) < 4.78 is 0. The SMILES string of the molecule is CC(=CCN1CCC(c2ccccc2)C1)C(=O)O. The van der Waals surface area contributed by atoms with E-state index in [4.69, 9.17) is 5.11 Å². The van der Waals surface area contributed by atoms with Crippen LogP contribution in [0.15, 0.2) is 42.0 Å². The molecule has 1 heterocycles. The molecule has 1 saturated heterocycles. The Labute approximate surface area is 108 Å². The van der Waals surface area contributed by atoms with Gasteiger partial charge in [0.25, 0.3) is 0 Å². The predicted octanol–water partition coefficient (Wildman–Crippen LogP) is 2.51. The van der Waals surface area contributed by atoms with E-state index in [1.165, 1.54) is 5.56 Å². The lowest BCUT2D eigenvalue weighted by Crippen LogP contribution is -2.21. The van der Waals surface area contributed by atoms with E-state index < -0.39 is 5.97 Å². The Kier molecular flexibility index (Phi) is 4.15. The van der Waals surface area contributed by atoms with Crippen molar-refractivity contribution in [2.45, 2.75) is 19.3 Å². The van der Waals surface area contributed by atoms with Crippen LogP contribution in [0.5, 0.6) is 0 Å². The standard InChI is InChI=1S/C15H19NO2/c1-12(15(17)18)7-9-16-10-8-14(11-16)13-5-3-2-4-6-13/h2-7,14H,8-11H2,1H3,(H,17,18). The third-order valence-electron chi connectivity index (χ3n) is 3.54. The van der Waals surface area contributed by atoms with E-state index in [1.54, 1.807) is 13.0 Å². The second-order valence-electron chi connectivity index (χ2n) is 4.85. The first-order valence-corrected chi connectivity index (χ1v) is 6.34. The molecule has 0 bridgehead atoms. The van der Waals surface area contributed by atoms with Gasteiger partial charge in [-0.15, -0.1) is 0 Å². The summed E-state index contributed by atoms with van der Waals surface area (Å²) in [5.41, 5.74) is 1.82. The third kappa shape index (κ3) is 3.20. The Morgan fingerprint density at radius 2 is 2.17 bits per heavy atom. The van der Waals surface area contributed by atoms with Crippen molar-refractivity contribution >= 4 is 5.97 Å². The zero-order valence-electron chi connectivity index (χ0n) is 10.7. The molecule has 0 amide bonds. The predicted molar refractivity (Wildman–Crippen MR) is 71.6 cm³/mol. The maximum absolute atomic E-state index is 10.7. The van der Waals surface area contributed by atoms with Crippen LogP contribution in [-0.2, 0) is 4.79 Å². The first-order chi connectivity index (χ1) is 8.66. The quantitative estimate of drug-likeness (QED) is 0.829. The highest BCUT2D eigenvalue weighted by Crippen LogP contribution is 2.26. The topological polar surface area (TPSA) is 40.5 Å². The lowest BCUT2D eigenvalue weighted by Gasteiger charge is -2.14. The Balaban J connectivity index is 1.89. The molecule has 18 heavy (non-hydrogen) atoms. The number of benzene rings is 1. The van der Waals surface area contributed by atoms with Gasteiger partial charge in [0, 0.05) is 18.7 Å². The maximum atomic E-state index is 10.7. The van der Waals surface area contributed by atoms with Crippen molar-refractivity contribution in [3.63, 3.8) is 0 Å². The summed E-state index contributed by atoms with van der Waals surface area (Å²) in [6, 6.07) is 10.5. The highest BCUT2D eigenvalue weighted by molar-refractivity contribution is 5.85. The van der Waals surface area contributed by atoms with E-state index in [2.05, 4.69) is 29.2 Å².